The number of carbonyl (C=O) groups is 1. The van der Waals surface area contributed by atoms with E-state index in [1.54, 1.807) is 11.9 Å². The van der Waals surface area contributed by atoms with E-state index in [0.29, 0.717) is 32.8 Å². The number of hydrogen-bond acceptors (Lipinski definition) is 4. The molecular weight excluding hydrogens is 256 g/mol. The zero-order valence-corrected chi connectivity index (χ0v) is 12.0. The number of nitrogens with zero attached hydrogens (tertiary/aromatic N) is 1. The fraction of sp³-hybridized carbons (Fsp3) is 0.500. The van der Waals surface area contributed by atoms with Gasteiger partial charge >= 0.3 is 6.03 Å². The highest BCUT2D eigenvalue weighted by Crippen LogP contribution is 2.14. The van der Waals surface area contributed by atoms with Gasteiger partial charge in [-0.25, -0.2) is 4.79 Å². The van der Waals surface area contributed by atoms with Crippen molar-refractivity contribution in [3.63, 3.8) is 0 Å². The summed E-state index contributed by atoms with van der Waals surface area (Å²) in [7, 11) is 1.76. The predicted octanol–water partition coefficient (Wildman–Crippen LogP) is 0.514. The van der Waals surface area contributed by atoms with E-state index in [4.69, 9.17) is 16.2 Å². The molecule has 0 saturated heterocycles. The lowest BCUT2D eigenvalue weighted by molar-refractivity contribution is 0.207. The average Bonchev–Trinajstić information content (AvgIpc) is 2.45. The number of urea groups is 1. The fourth-order valence-corrected chi connectivity index (χ4v) is 1.69. The summed E-state index contributed by atoms with van der Waals surface area (Å²) in [5.74, 6) is 0.768. The van der Waals surface area contributed by atoms with Crippen molar-refractivity contribution >= 4 is 6.03 Å². The van der Waals surface area contributed by atoms with Crippen molar-refractivity contribution in [3.8, 4) is 5.75 Å². The summed E-state index contributed by atoms with van der Waals surface area (Å²) < 4.78 is 5.46. The molecule has 0 aromatic heterocycles. The molecule has 112 valence electrons. The number of ether oxygens (including phenoxy) is 1. The quantitative estimate of drug-likeness (QED) is 0.605. The van der Waals surface area contributed by atoms with Crippen molar-refractivity contribution in [2.75, 3.05) is 33.3 Å². The number of rotatable bonds is 8. The summed E-state index contributed by atoms with van der Waals surface area (Å²) in [5.41, 5.74) is 11.8. The molecule has 0 aliphatic rings. The zero-order valence-electron chi connectivity index (χ0n) is 12.0. The molecule has 0 spiro atoms. The third-order valence-corrected chi connectivity index (χ3v) is 2.71. The first-order chi connectivity index (χ1) is 9.67. The predicted molar refractivity (Wildman–Crippen MR) is 79.5 cm³/mol. The molecule has 1 aromatic rings. The summed E-state index contributed by atoms with van der Waals surface area (Å²) in [4.78, 5) is 13.4. The van der Waals surface area contributed by atoms with Crippen molar-refractivity contribution in [2.45, 2.75) is 13.0 Å². The molecule has 6 heteroatoms. The van der Waals surface area contributed by atoms with Gasteiger partial charge in [0.2, 0.25) is 0 Å². The van der Waals surface area contributed by atoms with Gasteiger partial charge in [0.1, 0.15) is 12.4 Å². The van der Waals surface area contributed by atoms with Gasteiger partial charge in [0.15, 0.2) is 0 Å². The zero-order chi connectivity index (χ0) is 14.8. The Morgan fingerprint density at radius 1 is 1.35 bits per heavy atom. The molecule has 5 N–H and O–H groups in total. The maximum atomic E-state index is 11.8. The van der Waals surface area contributed by atoms with Crippen LogP contribution in [0.2, 0.25) is 0 Å². The maximum Gasteiger partial charge on any atom is 0.317 e. The highest BCUT2D eigenvalue weighted by Gasteiger charge is 2.08. The molecule has 0 unspecified atom stereocenters. The molecule has 0 radical (unpaired) electrons. The second-order valence-corrected chi connectivity index (χ2v) is 4.51. The first-order valence-corrected chi connectivity index (χ1v) is 6.78. The second kappa shape index (κ2) is 9.17. The molecule has 0 aliphatic heterocycles. The molecule has 1 rings (SSSR count). The van der Waals surface area contributed by atoms with E-state index in [2.05, 4.69) is 5.32 Å². The van der Waals surface area contributed by atoms with Crippen LogP contribution in [0.4, 0.5) is 4.79 Å². The Morgan fingerprint density at radius 3 is 2.85 bits per heavy atom. The van der Waals surface area contributed by atoms with Crippen molar-refractivity contribution in [2.24, 2.45) is 11.5 Å². The number of nitrogens with one attached hydrogen (secondary N) is 1. The van der Waals surface area contributed by atoms with Gasteiger partial charge in [0.05, 0.1) is 0 Å². The molecule has 1 aromatic carbocycles. The molecule has 0 atom stereocenters. The van der Waals surface area contributed by atoms with Crippen LogP contribution in [0.5, 0.6) is 5.75 Å². The summed E-state index contributed by atoms with van der Waals surface area (Å²) >= 11 is 0. The van der Waals surface area contributed by atoms with Gasteiger partial charge in [-0.15, -0.1) is 0 Å². The number of carbonyl (C=O) groups excluding carboxylic acids is 1. The maximum absolute atomic E-state index is 11.8. The van der Waals surface area contributed by atoms with E-state index < -0.39 is 0 Å². The Labute approximate surface area is 120 Å². The van der Waals surface area contributed by atoms with Crippen molar-refractivity contribution in [1.82, 2.24) is 10.2 Å². The monoisotopic (exact) mass is 280 g/mol. The van der Waals surface area contributed by atoms with Crippen LogP contribution in [0.1, 0.15) is 12.0 Å². The first kappa shape index (κ1) is 16.3. The molecule has 0 bridgehead atoms. The first-order valence-electron chi connectivity index (χ1n) is 6.78. The molecular formula is C14H24N4O2. The Morgan fingerprint density at radius 2 is 2.15 bits per heavy atom. The van der Waals surface area contributed by atoms with E-state index >= 15 is 0 Å². The smallest absolute Gasteiger partial charge is 0.317 e. The minimum atomic E-state index is -0.105. The van der Waals surface area contributed by atoms with Gasteiger partial charge in [0.25, 0.3) is 0 Å². The fourth-order valence-electron chi connectivity index (χ4n) is 1.69. The van der Waals surface area contributed by atoms with Gasteiger partial charge in [-0.3, -0.25) is 0 Å². The van der Waals surface area contributed by atoms with E-state index in [-0.39, 0.29) is 6.03 Å². The molecule has 20 heavy (non-hydrogen) atoms. The number of amides is 2. The van der Waals surface area contributed by atoms with Gasteiger partial charge in [0, 0.05) is 26.7 Å². The topological polar surface area (TPSA) is 93.6 Å². The highest BCUT2D eigenvalue weighted by atomic mass is 16.5. The van der Waals surface area contributed by atoms with E-state index in [9.17, 15) is 4.79 Å². The lowest BCUT2D eigenvalue weighted by Gasteiger charge is -2.18. The van der Waals surface area contributed by atoms with Gasteiger partial charge in [-0.05, 0) is 30.7 Å². The molecule has 0 heterocycles. The molecule has 2 amide bonds. The van der Waals surface area contributed by atoms with E-state index in [1.807, 2.05) is 24.3 Å². The van der Waals surface area contributed by atoms with Crippen LogP contribution in [-0.2, 0) is 6.54 Å². The van der Waals surface area contributed by atoms with Gasteiger partial charge < -0.3 is 26.4 Å². The lowest BCUT2D eigenvalue weighted by atomic mass is 10.2. The Kier molecular flexibility index (Phi) is 7.46. The van der Waals surface area contributed by atoms with Gasteiger partial charge in [-0.2, -0.15) is 0 Å². The Balaban J connectivity index is 2.48. The molecule has 6 nitrogen and oxygen atoms in total. The standard InChI is InChI=1S/C14H24N4O2/c1-18(14(19)17-8-3-6-15)11-12-4-2-5-13(10-12)20-9-7-16/h2,4-5,10H,3,6-9,11,15-16H2,1H3,(H,17,19). The summed E-state index contributed by atoms with van der Waals surface area (Å²) in [5, 5.41) is 2.81. The number of benzene rings is 1. The van der Waals surface area contributed by atoms with Crippen LogP contribution in [0.15, 0.2) is 24.3 Å². The van der Waals surface area contributed by atoms with Crippen LogP contribution >= 0.6 is 0 Å². The second-order valence-electron chi connectivity index (χ2n) is 4.51. The van der Waals surface area contributed by atoms with Crippen LogP contribution in [0.3, 0.4) is 0 Å². The molecule has 0 fully saturated rings. The Hall–Kier alpha value is -1.79. The number of nitrogens with two attached hydrogens (primary N) is 2. The van der Waals surface area contributed by atoms with Crippen LogP contribution < -0.4 is 21.5 Å². The third kappa shape index (κ3) is 5.90. The molecule has 0 saturated carbocycles. The van der Waals surface area contributed by atoms with E-state index in [0.717, 1.165) is 17.7 Å². The minimum Gasteiger partial charge on any atom is -0.492 e. The molecule has 0 aliphatic carbocycles. The van der Waals surface area contributed by atoms with Crippen molar-refractivity contribution in [3.05, 3.63) is 29.8 Å². The SMILES string of the molecule is CN(Cc1cccc(OCCN)c1)C(=O)NCCCN. The van der Waals surface area contributed by atoms with Crippen LogP contribution in [0.25, 0.3) is 0 Å². The Bertz CT molecular complexity index is 412. The minimum absolute atomic E-state index is 0.105. The number of hydrogen-bond donors (Lipinski definition) is 3. The average molecular weight is 280 g/mol. The highest BCUT2D eigenvalue weighted by molar-refractivity contribution is 5.73. The largest absolute Gasteiger partial charge is 0.492 e. The summed E-state index contributed by atoms with van der Waals surface area (Å²) in [6, 6.07) is 7.55. The van der Waals surface area contributed by atoms with Crippen LogP contribution in [-0.4, -0.2) is 44.2 Å². The van der Waals surface area contributed by atoms with Crippen molar-refractivity contribution < 1.29 is 9.53 Å². The lowest BCUT2D eigenvalue weighted by Crippen LogP contribution is -2.37. The third-order valence-electron chi connectivity index (χ3n) is 2.71. The normalized spacial score (nSPS) is 10.2. The van der Waals surface area contributed by atoms with Crippen LogP contribution in [0, 0.1) is 0 Å². The van der Waals surface area contributed by atoms with Gasteiger partial charge in [-0.1, -0.05) is 12.1 Å². The van der Waals surface area contributed by atoms with E-state index in [1.165, 1.54) is 0 Å². The summed E-state index contributed by atoms with van der Waals surface area (Å²) in [6.07, 6.45) is 0.780. The van der Waals surface area contributed by atoms with Crippen molar-refractivity contribution in [1.29, 1.82) is 0 Å². The summed E-state index contributed by atoms with van der Waals surface area (Å²) in [6.45, 7) is 2.66.